The maximum absolute atomic E-state index is 13.2. The highest BCUT2D eigenvalue weighted by atomic mass is 16.3. The first kappa shape index (κ1) is 18.4. The van der Waals surface area contributed by atoms with Gasteiger partial charge in [-0.25, -0.2) is 4.68 Å². The van der Waals surface area contributed by atoms with E-state index in [-0.39, 0.29) is 5.91 Å². The van der Waals surface area contributed by atoms with E-state index in [0.717, 1.165) is 22.8 Å². The molecule has 158 valence electrons. The Balaban J connectivity index is 1.33. The quantitative estimate of drug-likeness (QED) is 0.471. The molecule has 1 N–H and O–H groups in total. The van der Waals surface area contributed by atoms with Gasteiger partial charge in [0.1, 0.15) is 11.5 Å². The third kappa shape index (κ3) is 2.96. The minimum absolute atomic E-state index is 0.141. The van der Waals surface area contributed by atoms with Crippen molar-refractivity contribution < 1.29 is 9.21 Å². The van der Waals surface area contributed by atoms with Crippen LogP contribution < -0.4 is 0 Å². The number of benzene rings is 1. The number of carbonyl (C=O) groups is 1. The zero-order valence-corrected chi connectivity index (χ0v) is 17.4. The maximum atomic E-state index is 13.2. The first-order valence-corrected chi connectivity index (χ1v) is 10.4. The van der Waals surface area contributed by atoms with Crippen LogP contribution in [0.3, 0.4) is 0 Å². The fourth-order valence-corrected chi connectivity index (χ4v) is 4.10. The van der Waals surface area contributed by atoms with Gasteiger partial charge in [-0.1, -0.05) is 17.7 Å². The smallest absolute Gasteiger partial charge is 0.275 e. The van der Waals surface area contributed by atoms with E-state index in [2.05, 4.69) is 41.4 Å². The first-order valence-electron chi connectivity index (χ1n) is 10.4. The third-order valence-corrected chi connectivity index (χ3v) is 5.73. The van der Waals surface area contributed by atoms with Gasteiger partial charge >= 0.3 is 0 Å². The molecule has 1 aliphatic heterocycles. The summed E-state index contributed by atoms with van der Waals surface area (Å²) in [5, 5.41) is 12.0. The average molecular weight is 424 g/mol. The summed E-state index contributed by atoms with van der Waals surface area (Å²) in [5.41, 5.74) is 5.15. The average Bonchev–Trinajstić information content (AvgIpc) is 3.61. The molecule has 0 saturated carbocycles. The van der Waals surface area contributed by atoms with E-state index in [4.69, 9.17) is 9.52 Å². The van der Waals surface area contributed by atoms with Gasteiger partial charge in [0, 0.05) is 24.0 Å². The van der Waals surface area contributed by atoms with Crippen LogP contribution in [0.25, 0.3) is 23.0 Å². The van der Waals surface area contributed by atoms with Gasteiger partial charge in [0.05, 0.1) is 30.7 Å². The summed E-state index contributed by atoms with van der Waals surface area (Å²) in [6.07, 6.45) is 5.58. The summed E-state index contributed by atoms with van der Waals surface area (Å²) in [6, 6.07) is 17.6. The maximum Gasteiger partial charge on any atom is 0.275 e. The lowest BCUT2D eigenvalue weighted by Gasteiger charge is -2.16. The molecule has 0 saturated heterocycles. The molecule has 8 nitrogen and oxygen atoms in total. The standard InChI is InChI=1S/C24H20N6O2/c1-16-6-8-17(9-7-16)30-23(28-10-2-3-11-28)18-14-29(15-21(18)27-30)24(31)20-13-19(25-26-20)22-5-4-12-32-22/h2-13H,14-15H2,1H3,(H,25,26). The molecule has 1 aromatic carbocycles. The van der Waals surface area contributed by atoms with Gasteiger partial charge < -0.3 is 13.9 Å². The molecule has 1 amide bonds. The van der Waals surface area contributed by atoms with E-state index in [1.165, 1.54) is 5.56 Å². The van der Waals surface area contributed by atoms with Gasteiger partial charge in [-0.3, -0.25) is 9.89 Å². The van der Waals surface area contributed by atoms with Crippen LogP contribution >= 0.6 is 0 Å². The molecule has 6 rings (SSSR count). The van der Waals surface area contributed by atoms with E-state index in [0.29, 0.717) is 30.2 Å². The predicted octanol–water partition coefficient (Wildman–Crippen LogP) is 4.11. The lowest BCUT2D eigenvalue weighted by atomic mass is 10.2. The van der Waals surface area contributed by atoms with Crippen LogP contribution in [0, 0.1) is 6.92 Å². The number of aromatic amines is 1. The number of rotatable bonds is 4. The molecule has 0 atom stereocenters. The summed E-state index contributed by atoms with van der Waals surface area (Å²) in [6.45, 7) is 2.97. The van der Waals surface area contributed by atoms with Crippen molar-refractivity contribution in [1.82, 2.24) is 29.4 Å². The van der Waals surface area contributed by atoms with E-state index < -0.39 is 0 Å². The number of aromatic nitrogens is 5. The molecular weight excluding hydrogens is 404 g/mol. The second-order valence-corrected chi connectivity index (χ2v) is 7.89. The summed E-state index contributed by atoms with van der Waals surface area (Å²) >= 11 is 0. The van der Waals surface area contributed by atoms with Crippen LogP contribution in [-0.2, 0) is 13.1 Å². The second-order valence-electron chi connectivity index (χ2n) is 7.89. The highest BCUT2D eigenvalue weighted by Gasteiger charge is 2.32. The SMILES string of the molecule is Cc1ccc(-n2nc3c(c2-n2cccc2)CN(C(=O)c2cc(-c4ccco4)[nH]n2)C3)cc1. The van der Waals surface area contributed by atoms with Crippen molar-refractivity contribution in [1.29, 1.82) is 0 Å². The van der Waals surface area contributed by atoms with Crippen LogP contribution in [0.4, 0.5) is 0 Å². The highest BCUT2D eigenvalue weighted by molar-refractivity contribution is 5.93. The second kappa shape index (κ2) is 7.12. The molecule has 0 radical (unpaired) electrons. The molecule has 0 spiro atoms. The highest BCUT2D eigenvalue weighted by Crippen LogP contribution is 2.31. The Morgan fingerprint density at radius 3 is 2.62 bits per heavy atom. The molecule has 32 heavy (non-hydrogen) atoms. The van der Waals surface area contributed by atoms with Gasteiger partial charge in [0.25, 0.3) is 5.91 Å². The molecule has 0 bridgehead atoms. The number of fused-ring (bicyclic) bond motifs is 1. The zero-order chi connectivity index (χ0) is 21.7. The van der Waals surface area contributed by atoms with Crippen molar-refractivity contribution in [3.05, 3.63) is 95.8 Å². The number of nitrogens with zero attached hydrogens (tertiary/aromatic N) is 5. The van der Waals surface area contributed by atoms with Crippen molar-refractivity contribution in [2.24, 2.45) is 0 Å². The Labute approximate surface area is 183 Å². The number of H-pyrrole nitrogens is 1. The summed E-state index contributed by atoms with van der Waals surface area (Å²) in [5.74, 6) is 1.45. The lowest BCUT2D eigenvalue weighted by molar-refractivity contribution is 0.0743. The molecule has 5 heterocycles. The number of carbonyl (C=O) groups excluding carboxylic acids is 1. The number of hydrogen-bond donors (Lipinski definition) is 1. The van der Waals surface area contributed by atoms with Crippen LogP contribution in [0.5, 0.6) is 0 Å². The van der Waals surface area contributed by atoms with E-state index in [1.807, 2.05) is 39.8 Å². The van der Waals surface area contributed by atoms with Gasteiger partial charge in [0.2, 0.25) is 0 Å². The fraction of sp³-hybridized carbons (Fsp3) is 0.125. The predicted molar refractivity (Wildman–Crippen MR) is 117 cm³/mol. The molecule has 5 aromatic rings. The Morgan fingerprint density at radius 2 is 1.88 bits per heavy atom. The number of hydrogen-bond acceptors (Lipinski definition) is 4. The number of nitrogens with one attached hydrogen (secondary N) is 1. The van der Waals surface area contributed by atoms with Gasteiger partial charge in [-0.2, -0.15) is 10.2 Å². The first-order chi connectivity index (χ1) is 15.7. The van der Waals surface area contributed by atoms with E-state index in [1.54, 1.807) is 23.3 Å². The Hall–Kier alpha value is -4.33. The number of furan rings is 1. The van der Waals surface area contributed by atoms with Crippen LogP contribution in [0.15, 0.2) is 77.7 Å². The van der Waals surface area contributed by atoms with Gasteiger partial charge in [-0.15, -0.1) is 0 Å². The molecule has 0 fully saturated rings. The number of amides is 1. The molecule has 0 unspecified atom stereocenters. The van der Waals surface area contributed by atoms with E-state index >= 15 is 0 Å². The normalized spacial score (nSPS) is 13.0. The topological polar surface area (TPSA) is 84.9 Å². The van der Waals surface area contributed by atoms with Crippen molar-refractivity contribution in [2.75, 3.05) is 0 Å². The number of aryl methyl sites for hydroxylation is 1. The summed E-state index contributed by atoms with van der Waals surface area (Å²) in [4.78, 5) is 14.9. The molecular formula is C24H20N6O2. The lowest BCUT2D eigenvalue weighted by Crippen LogP contribution is -2.26. The van der Waals surface area contributed by atoms with Crippen molar-refractivity contribution in [3.63, 3.8) is 0 Å². The molecule has 8 heteroatoms. The van der Waals surface area contributed by atoms with Gasteiger partial charge in [-0.05, 0) is 43.3 Å². The van der Waals surface area contributed by atoms with Crippen molar-refractivity contribution in [2.45, 2.75) is 20.0 Å². The van der Waals surface area contributed by atoms with Crippen molar-refractivity contribution in [3.8, 4) is 23.0 Å². The van der Waals surface area contributed by atoms with Crippen LogP contribution in [-0.4, -0.2) is 35.4 Å². The third-order valence-electron chi connectivity index (χ3n) is 5.73. The fourth-order valence-electron chi connectivity index (χ4n) is 4.10. The van der Waals surface area contributed by atoms with Crippen LogP contribution in [0.1, 0.15) is 27.3 Å². The Bertz CT molecular complexity index is 1390. The van der Waals surface area contributed by atoms with Gasteiger partial charge in [0.15, 0.2) is 11.5 Å². The van der Waals surface area contributed by atoms with Crippen LogP contribution in [0.2, 0.25) is 0 Å². The molecule has 4 aromatic heterocycles. The summed E-state index contributed by atoms with van der Waals surface area (Å²) < 4.78 is 9.38. The van der Waals surface area contributed by atoms with Crippen molar-refractivity contribution >= 4 is 5.91 Å². The Morgan fingerprint density at radius 1 is 1.06 bits per heavy atom. The van der Waals surface area contributed by atoms with E-state index in [9.17, 15) is 4.79 Å². The minimum Gasteiger partial charge on any atom is -0.463 e. The minimum atomic E-state index is -0.141. The molecule has 0 aliphatic carbocycles. The zero-order valence-electron chi connectivity index (χ0n) is 17.4. The monoisotopic (exact) mass is 424 g/mol. The Kier molecular flexibility index (Phi) is 4.10. The summed E-state index contributed by atoms with van der Waals surface area (Å²) in [7, 11) is 0. The largest absolute Gasteiger partial charge is 0.463 e. The molecule has 1 aliphatic rings.